The third kappa shape index (κ3) is 3.27. The minimum atomic E-state index is -3.08. The van der Waals surface area contributed by atoms with Crippen LogP contribution in [0.4, 0.5) is 17.6 Å². The molecule has 0 radical (unpaired) electrons. The molecule has 2 aromatic rings. The molecule has 154 valence electrons. The Hall–Kier alpha value is -3.43. The highest BCUT2D eigenvalue weighted by Gasteiger charge is 2.33. The number of nitrogens with zero attached hydrogens (tertiary/aromatic N) is 4. The van der Waals surface area contributed by atoms with Crippen LogP contribution in [0.1, 0.15) is 46.3 Å². The average molecular weight is 419 g/mol. The van der Waals surface area contributed by atoms with Crippen LogP contribution in [0.3, 0.4) is 0 Å². The van der Waals surface area contributed by atoms with Gasteiger partial charge in [0.25, 0.3) is 12.3 Å². The van der Waals surface area contributed by atoms with E-state index in [0.717, 1.165) is 24.5 Å². The van der Waals surface area contributed by atoms with Gasteiger partial charge in [0.2, 0.25) is 0 Å². The molecule has 6 nitrogen and oxygen atoms in total. The molecule has 1 aliphatic heterocycles. The number of carbonyl (C=O) groups is 1. The van der Waals surface area contributed by atoms with E-state index in [-0.39, 0.29) is 30.1 Å². The van der Waals surface area contributed by atoms with Crippen LogP contribution >= 0.6 is 0 Å². The van der Waals surface area contributed by atoms with Crippen molar-refractivity contribution in [1.29, 1.82) is 0 Å². The molecule has 0 unspecified atom stereocenters. The second kappa shape index (κ2) is 7.43. The maximum Gasteiger partial charge on any atom is 0.375 e. The first kappa shape index (κ1) is 19.9. The SMILES string of the molecule is Cc1c(O)[n+](=C2CC(F)C2)cc2c1=NC=NC2=NC(=O)c1cccc(C(F)F)c1F. The Morgan fingerprint density at radius 3 is 2.73 bits per heavy atom. The van der Waals surface area contributed by atoms with Crippen LogP contribution in [-0.4, -0.2) is 29.4 Å². The Morgan fingerprint density at radius 1 is 1.33 bits per heavy atom. The second-order valence-corrected chi connectivity index (χ2v) is 6.91. The quantitative estimate of drug-likeness (QED) is 0.600. The van der Waals surface area contributed by atoms with Gasteiger partial charge in [-0.2, -0.15) is 4.99 Å². The molecule has 4 rings (SSSR count). The Kier molecular flexibility index (Phi) is 4.92. The maximum absolute atomic E-state index is 14.3. The molecule has 1 saturated carbocycles. The number of halogens is 4. The molecule has 1 fully saturated rings. The van der Waals surface area contributed by atoms with Crippen LogP contribution in [0.5, 0.6) is 5.88 Å². The summed E-state index contributed by atoms with van der Waals surface area (Å²) in [6.07, 6.45) is -1.24. The molecule has 0 bridgehead atoms. The average Bonchev–Trinajstić information content (AvgIpc) is 2.68. The summed E-state index contributed by atoms with van der Waals surface area (Å²) in [5.74, 6) is -2.69. The molecule has 10 heteroatoms. The lowest BCUT2D eigenvalue weighted by atomic mass is 9.94. The predicted molar refractivity (Wildman–Crippen MR) is 97.7 cm³/mol. The first-order valence-electron chi connectivity index (χ1n) is 8.98. The van der Waals surface area contributed by atoms with E-state index in [4.69, 9.17) is 0 Å². The van der Waals surface area contributed by atoms with Gasteiger partial charge in [-0.05, 0) is 13.0 Å². The highest BCUT2D eigenvalue weighted by molar-refractivity contribution is 6.12. The molecule has 1 aliphatic carbocycles. The Labute approximate surface area is 167 Å². The van der Waals surface area contributed by atoms with Gasteiger partial charge in [-0.3, -0.25) is 4.79 Å². The summed E-state index contributed by atoms with van der Waals surface area (Å²) >= 11 is 0. The van der Waals surface area contributed by atoms with E-state index in [2.05, 4.69) is 15.0 Å². The summed E-state index contributed by atoms with van der Waals surface area (Å²) in [4.78, 5) is 24.3. The number of hydrogen-bond acceptors (Lipinski definition) is 3. The molecule has 30 heavy (non-hydrogen) atoms. The number of fused-ring (bicyclic) bond motifs is 1. The topological polar surface area (TPSA) is 80.3 Å². The summed E-state index contributed by atoms with van der Waals surface area (Å²) < 4.78 is 54.8. The van der Waals surface area contributed by atoms with Gasteiger partial charge in [0.1, 0.15) is 23.9 Å². The molecule has 0 saturated heterocycles. The third-order valence-corrected chi connectivity index (χ3v) is 5.00. The van der Waals surface area contributed by atoms with Crippen molar-refractivity contribution in [3.63, 3.8) is 0 Å². The Bertz CT molecular complexity index is 1250. The monoisotopic (exact) mass is 419 g/mol. The van der Waals surface area contributed by atoms with Crippen LogP contribution in [0, 0.1) is 18.5 Å². The van der Waals surface area contributed by atoms with Crippen LogP contribution in [0.15, 0.2) is 39.4 Å². The zero-order chi connectivity index (χ0) is 21.6. The van der Waals surface area contributed by atoms with Crippen LogP contribution in [0.25, 0.3) is 0 Å². The molecule has 0 atom stereocenters. The van der Waals surface area contributed by atoms with E-state index in [1.54, 1.807) is 6.92 Å². The second-order valence-electron chi connectivity index (χ2n) is 6.91. The van der Waals surface area contributed by atoms with Crippen LogP contribution in [-0.2, 0) is 0 Å². The highest BCUT2D eigenvalue weighted by atomic mass is 19.3. The van der Waals surface area contributed by atoms with Gasteiger partial charge in [0.15, 0.2) is 17.7 Å². The first-order chi connectivity index (χ1) is 14.3. The van der Waals surface area contributed by atoms with Gasteiger partial charge in [0, 0.05) is 0 Å². The van der Waals surface area contributed by atoms with Gasteiger partial charge in [0.05, 0.1) is 34.9 Å². The summed E-state index contributed by atoms with van der Waals surface area (Å²) in [6.45, 7) is 1.59. The lowest BCUT2D eigenvalue weighted by Crippen LogP contribution is -2.37. The molecule has 1 amide bonds. The van der Waals surface area contributed by atoms with E-state index in [0.29, 0.717) is 16.6 Å². The number of carbonyl (C=O) groups excluding carboxylic acids is 1. The fourth-order valence-electron chi connectivity index (χ4n) is 3.30. The molecule has 1 N–H and O–H groups in total. The number of amides is 1. The number of hydrogen-bond donors (Lipinski definition) is 1. The molecular weight excluding hydrogens is 404 g/mol. The highest BCUT2D eigenvalue weighted by Crippen LogP contribution is 2.26. The Balaban J connectivity index is 1.83. The summed E-state index contributed by atoms with van der Waals surface area (Å²) in [5, 5.41) is 10.7. The van der Waals surface area contributed by atoms with Crippen molar-refractivity contribution in [2.45, 2.75) is 32.4 Å². The molecule has 2 aliphatic rings. The fourth-order valence-corrected chi connectivity index (χ4v) is 3.30. The lowest BCUT2D eigenvalue weighted by Gasteiger charge is -2.16. The minimum Gasteiger partial charge on any atom is -0.459 e. The number of aliphatic imine (C=N–C) groups is 2. The standard InChI is InChI=1S/C20H14F4N4O2/c1-9-16-14(7-28(20(9)30)11-5-10(21)6-11)18(26-8-25-16)27-19(29)13-4-2-3-12(15(13)22)17(23)24/h2-4,7-8,10,17H,5-6H2,1H3/p+1. The number of aromatic hydroxyl groups is 1. The largest absolute Gasteiger partial charge is 0.459 e. The van der Waals surface area contributed by atoms with Crippen molar-refractivity contribution >= 4 is 18.1 Å². The van der Waals surface area contributed by atoms with Gasteiger partial charge >= 0.3 is 5.88 Å². The van der Waals surface area contributed by atoms with E-state index in [9.17, 15) is 27.5 Å². The van der Waals surface area contributed by atoms with E-state index in [1.807, 2.05) is 0 Å². The van der Waals surface area contributed by atoms with Crippen LogP contribution in [0.2, 0.25) is 0 Å². The van der Waals surface area contributed by atoms with Crippen molar-refractivity contribution < 1.29 is 31.7 Å². The molecule has 0 spiro atoms. The maximum atomic E-state index is 14.3. The summed E-state index contributed by atoms with van der Waals surface area (Å²) in [5.41, 5.74) is -0.261. The number of pyridine rings is 1. The number of rotatable bonds is 2. The first-order valence-corrected chi connectivity index (χ1v) is 8.98. The lowest BCUT2D eigenvalue weighted by molar-refractivity contribution is -0.543. The number of benzene rings is 1. The molecule has 1 aromatic carbocycles. The van der Waals surface area contributed by atoms with Gasteiger partial charge in [-0.25, -0.2) is 27.5 Å². The molecule has 1 aromatic heterocycles. The van der Waals surface area contributed by atoms with Crippen molar-refractivity contribution in [3.05, 3.63) is 63.5 Å². The van der Waals surface area contributed by atoms with Crippen LogP contribution < -0.4 is 9.60 Å². The van der Waals surface area contributed by atoms with Gasteiger partial charge in [-0.1, -0.05) is 12.1 Å². The molecule has 2 heterocycles. The number of alkyl halides is 3. The number of amidine groups is 1. The summed E-state index contributed by atoms with van der Waals surface area (Å²) in [7, 11) is 0. The summed E-state index contributed by atoms with van der Waals surface area (Å²) in [6, 6.07) is 3.08. The van der Waals surface area contributed by atoms with Gasteiger partial charge < -0.3 is 5.11 Å². The van der Waals surface area contributed by atoms with Crippen molar-refractivity contribution in [2.24, 2.45) is 15.0 Å². The third-order valence-electron chi connectivity index (χ3n) is 5.00. The van der Waals surface area contributed by atoms with E-state index < -0.39 is 35.4 Å². The van der Waals surface area contributed by atoms with Crippen molar-refractivity contribution in [3.8, 4) is 5.88 Å². The number of aromatic nitrogens is 1. The van der Waals surface area contributed by atoms with E-state index >= 15 is 0 Å². The predicted octanol–water partition coefficient (Wildman–Crippen LogP) is 2.83. The normalized spacial score (nSPS) is 18.9. The van der Waals surface area contributed by atoms with Crippen molar-refractivity contribution in [1.82, 2.24) is 0 Å². The van der Waals surface area contributed by atoms with Gasteiger partial charge in [-0.15, -0.1) is 4.24 Å². The Morgan fingerprint density at radius 2 is 2.07 bits per heavy atom. The molecular formula is C20H15F4N4O2+. The smallest absolute Gasteiger partial charge is 0.375 e. The fraction of sp³-hybridized carbons (Fsp3) is 0.250. The van der Waals surface area contributed by atoms with Crippen molar-refractivity contribution in [2.75, 3.05) is 0 Å². The zero-order valence-corrected chi connectivity index (χ0v) is 15.6. The zero-order valence-electron chi connectivity index (χ0n) is 15.6. The van der Waals surface area contributed by atoms with E-state index in [1.165, 1.54) is 10.4 Å². The minimum absolute atomic E-state index is 0.125.